The molecule has 0 N–H and O–H groups in total. The molecule has 7 heteroatoms. The maximum absolute atomic E-state index is 13.3. The van der Waals surface area contributed by atoms with Crippen LogP contribution >= 0.6 is 0 Å². The third kappa shape index (κ3) is 4.09. The molecule has 1 aromatic heterocycles. The Kier molecular flexibility index (Phi) is 5.23. The van der Waals surface area contributed by atoms with Crippen LogP contribution in [0.2, 0.25) is 0 Å². The van der Waals surface area contributed by atoms with E-state index in [1.807, 2.05) is 50.2 Å². The van der Waals surface area contributed by atoms with Gasteiger partial charge in [-0.1, -0.05) is 12.1 Å². The van der Waals surface area contributed by atoms with Crippen molar-refractivity contribution in [3.8, 4) is 0 Å². The number of piperidine rings is 1. The van der Waals surface area contributed by atoms with Gasteiger partial charge in [0.25, 0.3) is 0 Å². The van der Waals surface area contributed by atoms with E-state index >= 15 is 0 Å². The van der Waals surface area contributed by atoms with E-state index in [0.29, 0.717) is 26.1 Å². The van der Waals surface area contributed by atoms with Crippen LogP contribution in [0.25, 0.3) is 11.0 Å². The molecular formula is C22H30N4O3. The zero-order chi connectivity index (χ0) is 20.6. The first-order valence-electron chi connectivity index (χ1n) is 10.5. The Balaban J connectivity index is 1.46. The monoisotopic (exact) mass is 398 g/mol. The Bertz CT molecular complexity index is 901. The zero-order valence-corrected chi connectivity index (χ0v) is 17.5. The molecule has 0 saturated carbocycles. The summed E-state index contributed by atoms with van der Waals surface area (Å²) in [5.41, 5.74) is 1.50. The van der Waals surface area contributed by atoms with Crippen molar-refractivity contribution in [2.24, 2.45) is 0 Å². The number of rotatable bonds is 2. The lowest BCUT2D eigenvalue weighted by molar-refractivity contribution is -0.137. The Morgan fingerprint density at radius 3 is 2.69 bits per heavy atom. The summed E-state index contributed by atoms with van der Waals surface area (Å²) >= 11 is 0. The smallest absolute Gasteiger partial charge is 0.410 e. The quantitative estimate of drug-likeness (QED) is 0.775. The van der Waals surface area contributed by atoms with E-state index in [2.05, 4.69) is 15.6 Å². The van der Waals surface area contributed by atoms with Crippen LogP contribution in [0.3, 0.4) is 0 Å². The van der Waals surface area contributed by atoms with E-state index in [4.69, 9.17) is 4.74 Å². The minimum absolute atomic E-state index is 0.0440. The predicted molar refractivity (Wildman–Crippen MR) is 111 cm³/mol. The van der Waals surface area contributed by atoms with Gasteiger partial charge in [-0.15, -0.1) is 0 Å². The molecular weight excluding hydrogens is 368 g/mol. The highest BCUT2D eigenvalue weighted by molar-refractivity contribution is 5.86. The van der Waals surface area contributed by atoms with Crippen LogP contribution in [-0.4, -0.2) is 62.6 Å². The lowest BCUT2D eigenvalue weighted by Crippen LogP contribution is -2.53. The first-order chi connectivity index (χ1) is 13.8. The molecule has 0 spiro atoms. The number of fused-ring (bicyclic) bond motifs is 1. The second-order valence-electron chi connectivity index (χ2n) is 9.05. The van der Waals surface area contributed by atoms with Crippen molar-refractivity contribution < 1.29 is 14.3 Å². The van der Waals surface area contributed by atoms with Gasteiger partial charge < -0.3 is 14.2 Å². The normalized spacial score (nSPS) is 22.9. The molecule has 1 aromatic carbocycles. The van der Waals surface area contributed by atoms with Crippen LogP contribution in [0, 0.1) is 0 Å². The third-order valence-electron chi connectivity index (χ3n) is 5.77. The number of ether oxygens (including phenoxy) is 1. The number of carbonyl (C=O) groups excluding carboxylic acids is 2. The molecule has 0 aliphatic carbocycles. The number of likely N-dealkylation sites (tertiary alicyclic amines) is 2. The van der Waals surface area contributed by atoms with Crippen LogP contribution in [0.5, 0.6) is 0 Å². The molecule has 0 bridgehead atoms. The van der Waals surface area contributed by atoms with Gasteiger partial charge in [-0.2, -0.15) is 0 Å². The molecule has 2 aliphatic rings. The molecule has 4 rings (SSSR count). The third-order valence-corrected chi connectivity index (χ3v) is 5.77. The van der Waals surface area contributed by atoms with Crippen LogP contribution in [0.15, 0.2) is 30.6 Å². The Morgan fingerprint density at radius 2 is 1.90 bits per heavy atom. The predicted octanol–water partition coefficient (Wildman–Crippen LogP) is 3.60. The van der Waals surface area contributed by atoms with Crippen molar-refractivity contribution in [1.82, 2.24) is 19.4 Å². The fourth-order valence-corrected chi connectivity index (χ4v) is 4.38. The fraction of sp³-hybridized carbons (Fsp3) is 0.591. The summed E-state index contributed by atoms with van der Waals surface area (Å²) in [6.07, 6.45) is 4.95. The minimum atomic E-state index is -0.566. The van der Waals surface area contributed by atoms with Gasteiger partial charge >= 0.3 is 6.09 Å². The van der Waals surface area contributed by atoms with Gasteiger partial charge in [0, 0.05) is 19.6 Å². The summed E-state index contributed by atoms with van der Waals surface area (Å²) in [4.78, 5) is 34.0. The molecule has 2 fully saturated rings. The van der Waals surface area contributed by atoms with Crippen molar-refractivity contribution in [2.75, 3.05) is 19.6 Å². The first-order valence-corrected chi connectivity index (χ1v) is 10.5. The average Bonchev–Trinajstić information content (AvgIpc) is 3.33. The highest BCUT2D eigenvalue weighted by Crippen LogP contribution is 2.29. The highest BCUT2D eigenvalue weighted by Gasteiger charge is 2.39. The number of para-hydroxylation sites is 2. The molecule has 156 valence electrons. The minimum Gasteiger partial charge on any atom is -0.444 e. The molecule has 7 nitrogen and oxygen atoms in total. The van der Waals surface area contributed by atoms with Crippen molar-refractivity contribution >= 4 is 23.0 Å². The number of hydrogen-bond acceptors (Lipinski definition) is 4. The molecule has 0 radical (unpaired) electrons. The number of nitrogens with zero attached hydrogens (tertiary/aromatic N) is 4. The second kappa shape index (κ2) is 7.69. The average molecular weight is 399 g/mol. The molecule has 2 aliphatic heterocycles. The van der Waals surface area contributed by atoms with Crippen LogP contribution in [0.1, 0.15) is 52.5 Å². The van der Waals surface area contributed by atoms with Crippen LogP contribution < -0.4 is 0 Å². The second-order valence-corrected chi connectivity index (χ2v) is 9.05. The lowest BCUT2D eigenvalue weighted by Gasteiger charge is -2.37. The highest BCUT2D eigenvalue weighted by atomic mass is 16.6. The maximum Gasteiger partial charge on any atom is 0.410 e. The van der Waals surface area contributed by atoms with Crippen molar-refractivity contribution in [2.45, 2.75) is 64.1 Å². The van der Waals surface area contributed by atoms with E-state index in [0.717, 1.165) is 30.3 Å². The van der Waals surface area contributed by atoms with Crippen LogP contribution in [0.4, 0.5) is 4.79 Å². The maximum atomic E-state index is 13.3. The Hall–Kier alpha value is -2.57. The van der Waals surface area contributed by atoms with E-state index in [1.165, 1.54) is 0 Å². The number of amides is 2. The first kappa shape index (κ1) is 19.7. The number of imidazole rings is 1. The fourth-order valence-electron chi connectivity index (χ4n) is 4.38. The SMILES string of the molecule is CC(C)(C)OC(=O)N1CCCCC1C(=O)N1CCC(n2cnc3ccccc32)C1. The van der Waals surface area contributed by atoms with Gasteiger partial charge in [-0.25, -0.2) is 9.78 Å². The molecule has 2 saturated heterocycles. The largest absolute Gasteiger partial charge is 0.444 e. The van der Waals surface area contributed by atoms with Gasteiger partial charge in [0.2, 0.25) is 5.91 Å². The van der Waals surface area contributed by atoms with Gasteiger partial charge in [-0.05, 0) is 58.6 Å². The summed E-state index contributed by atoms with van der Waals surface area (Å²) in [6.45, 7) is 7.49. The van der Waals surface area contributed by atoms with E-state index in [-0.39, 0.29) is 18.0 Å². The molecule has 2 amide bonds. The summed E-state index contributed by atoms with van der Waals surface area (Å²) < 4.78 is 7.73. The van der Waals surface area contributed by atoms with Gasteiger partial charge in [0.1, 0.15) is 11.6 Å². The molecule has 2 atom stereocenters. The standard InChI is InChI=1S/C22H30N4O3/c1-22(2,3)29-21(28)25-12-7-6-10-19(25)20(27)24-13-11-16(14-24)26-15-23-17-8-4-5-9-18(17)26/h4-5,8-9,15-16,19H,6-7,10-14H2,1-3H3. The zero-order valence-electron chi connectivity index (χ0n) is 17.5. The Morgan fingerprint density at radius 1 is 1.10 bits per heavy atom. The molecule has 3 heterocycles. The molecule has 2 aromatic rings. The Labute approximate surface area is 171 Å². The summed E-state index contributed by atoms with van der Waals surface area (Å²) in [6, 6.07) is 7.86. The van der Waals surface area contributed by atoms with E-state index in [9.17, 15) is 9.59 Å². The summed E-state index contributed by atoms with van der Waals surface area (Å²) in [5.74, 6) is 0.0440. The molecule has 2 unspecified atom stereocenters. The number of hydrogen-bond donors (Lipinski definition) is 0. The number of benzene rings is 1. The lowest BCUT2D eigenvalue weighted by atomic mass is 10.0. The van der Waals surface area contributed by atoms with Gasteiger partial charge in [-0.3, -0.25) is 9.69 Å². The molecule has 29 heavy (non-hydrogen) atoms. The van der Waals surface area contributed by atoms with Crippen molar-refractivity contribution in [1.29, 1.82) is 0 Å². The summed E-state index contributed by atoms with van der Waals surface area (Å²) in [7, 11) is 0. The van der Waals surface area contributed by atoms with Gasteiger partial charge in [0.15, 0.2) is 0 Å². The van der Waals surface area contributed by atoms with E-state index in [1.54, 1.807) is 4.90 Å². The summed E-state index contributed by atoms with van der Waals surface area (Å²) in [5, 5.41) is 0. The van der Waals surface area contributed by atoms with Crippen LogP contribution in [-0.2, 0) is 9.53 Å². The number of aromatic nitrogens is 2. The topological polar surface area (TPSA) is 67.7 Å². The van der Waals surface area contributed by atoms with Gasteiger partial charge in [0.05, 0.1) is 23.4 Å². The van der Waals surface area contributed by atoms with Crippen molar-refractivity contribution in [3.63, 3.8) is 0 Å². The van der Waals surface area contributed by atoms with E-state index < -0.39 is 11.6 Å². The number of carbonyl (C=O) groups is 2. The van der Waals surface area contributed by atoms with Crippen molar-refractivity contribution in [3.05, 3.63) is 30.6 Å².